The molecule has 4 nitrogen and oxygen atoms in total. The molecule has 2 aromatic carbocycles. The van der Waals surface area contributed by atoms with Crippen molar-refractivity contribution in [1.29, 1.82) is 0 Å². The highest BCUT2D eigenvalue weighted by Crippen LogP contribution is 2.32. The summed E-state index contributed by atoms with van der Waals surface area (Å²) in [7, 11) is 1.70. The van der Waals surface area contributed by atoms with Crippen molar-refractivity contribution in [2.45, 2.75) is 85.3 Å². The zero-order chi connectivity index (χ0) is 23.3. The van der Waals surface area contributed by atoms with Crippen LogP contribution in [-0.4, -0.2) is 19.1 Å². The Bertz CT molecular complexity index is 879. The van der Waals surface area contributed by atoms with Crippen molar-refractivity contribution >= 4 is 5.91 Å². The van der Waals surface area contributed by atoms with Crippen molar-refractivity contribution < 1.29 is 14.3 Å². The lowest BCUT2D eigenvalue weighted by atomic mass is 9.87. The molecule has 0 heterocycles. The Labute approximate surface area is 188 Å². The minimum Gasteiger partial charge on any atom is -0.496 e. The Morgan fingerprint density at radius 3 is 2.13 bits per heavy atom. The second-order valence-corrected chi connectivity index (χ2v) is 9.62. The van der Waals surface area contributed by atoms with Gasteiger partial charge < -0.3 is 14.8 Å². The summed E-state index contributed by atoms with van der Waals surface area (Å²) in [4.78, 5) is 13.0. The fourth-order valence-electron chi connectivity index (χ4n) is 3.71. The third-order valence-corrected chi connectivity index (χ3v) is 5.73. The zero-order valence-electron chi connectivity index (χ0n) is 20.6. The predicted molar refractivity (Wildman–Crippen MR) is 128 cm³/mol. The van der Waals surface area contributed by atoms with E-state index in [0.717, 1.165) is 22.4 Å². The summed E-state index contributed by atoms with van der Waals surface area (Å²) in [6.45, 7) is 16.9. The molecule has 2 rings (SSSR count). The molecule has 0 aliphatic rings. The van der Waals surface area contributed by atoms with E-state index in [9.17, 15) is 4.79 Å². The summed E-state index contributed by atoms with van der Waals surface area (Å²) in [5.74, 6) is 1.84. The largest absolute Gasteiger partial charge is 0.496 e. The topological polar surface area (TPSA) is 47.6 Å². The van der Waals surface area contributed by atoms with Crippen LogP contribution in [0, 0.1) is 6.92 Å². The van der Waals surface area contributed by atoms with Crippen molar-refractivity contribution in [1.82, 2.24) is 5.32 Å². The first-order valence-electron chi connectivity index (χ1n) is 11.2. The Kier molecular flexibility index (Phi) is 8.16. The van der Waals surface area contributed by atoms with Crippen molar-refractivity contribution in [2.75, 3.05) is 7.11 Å². The summed E-state index contributed by atoms with van der Waals surface area (Å²) in [5.41, 5.74) is 4.66. The van der Waals surface area contributed by atoms with Crippen LogP contribution in [0.15, 0.2) is 36.4 Å². The molecular formula is C27H39NO3. The monoisotopic (exact) mass is 425 g/mol. The third-order valence-electron chi connectivity index (χ3n) is 5.73. The number of benzene rings is 2. The maximum absolute atomic E-state index is 13.0. The molecule has 1 amide bonds. The van der Waals surface area contributed by atoms with E-state index in [2.05, 4.69) is 71.1 Å². The van der Waals surface area contributed by atoms with Crippen LogP contribution in [0.25, 0.3) is 0 Å². The molecule has 0 aromatic heterocycles. The highest BCUT2D eigenvalue weighted by Gasteiger charge is 2.23. The highest BCUT2D eigenvalue weighted by atomic mass is 16.5. The maximum Gasteiger partial charge on any atom is 0.261 e. The molecule has 1 N–H and O–H groups in total. The number of carbonyl (C=O) groups is 1. The van der Waals surface area contributed by atoms with E-state index in [-0.39, 0.29) is 17.4 Å². The lowest BCUT2D eigenvalue weighted by Crippen LogP contribution is -2.39. The van der Waals surface area contributed by atoms with Crippen LogP contribution in [0.3, 0.4) is 0 Å². The number of amides is 1. The SMILES string of the molecule is CC[C@H](Oc1ccc(C(C)(C)C)cc1)C(=O)N[C@@H](C)c1cc(C(C)C)c(OC)cc1C. The number of rotatable bonds is 8. The second kappa shape index (κ2) is 10.2. The van der Waals surface area contributed by atoms with Crippen molar-refractivity contribution in [3.63, 3.8) is 0 Å². The number of ether oxygens (including phenoxy) is 2. The third kappa shape index (κ3) is 6.25. The van der Waals surface area contributed by atoms with Gasteiger partial charge in [-0.15, -0.1) is 0 Å². The van der Waals surface area contributed by atoms with E-state index in [1.807, 2.05) is 26.0 Å². The van der Waals surface area contributed by atoms with Gasteiger partial charge in [0.05, 0.1) is 13.2 Å². The molecule has 0 fully saturated rings. The molecule has 0 unspecified atom stereocenters. The number of nitrogens with one attached hydrogen (secondary N) is 1. The first-order chi connectivity index (χ1) is 14.5. The van der Waals surface area contributed by atoms with Gasteiger partial charge in [0.15, 0.2) is 6.10 Å². The maximum atomic E-state index is 13.0. The summed E-state index contributed by atoms with van der Waals surface area (Å²) in [6.07, 6.45) is 0.0596. The van der Waals surface area contributed by atoms with Gasteiger partial charge in [-0.25, -0.2) is 0 Å². The smallest absolute Gasteiger partial charge is 0.261 e. The molecule has 0 saturated heterocycles. The molecule has 0 spiro atoms. The van der Waals surface area contributed by atoms with E-state index in [0.29, 0.717) is 18.1 Å². The van der Waals surface area contributed by atoms with Crippen LogP contribution < -0.4 is 14.8 Å². The Morgan fingerprint density at radius 2 is 1.65 bits per heavy atom. The lowest BCUT2D eigenvalue weighted by molar-refractivity contribution is -0.128. The van der Waals surface area contributed by atoms with Gasteiger partial charge in [0.1, 0.15) is 11.5 Å². The Balaban J connectivity index is 2.14. The van der Waals surface area contributed by atoms with E-state index in [4.69, 9.17) is 9.47 Å². The van der Waals surface area contributed by atoms with Gasteiger partial charge in [0.25, 0.3) is 5.91 Å². The molecule has 31 heavy (non-hydrogen) atoms. The molecule has 170 valence electrons. The quantitative estimate of drug-likeness (QED) is 0.528. The Hall–Kier alpha value is -2.49. The van der Waals surface area contributed by atoms with Gasteiger partial charge in [-0.05, 0) is 78.1 Å². The summed E-state index contributed by atoms with van der Waals surface area (Å²) < 4.78 is 11.6. The van der Waals surface area contributed by atoms with Gasteiger partial charge in [0.2, 0.25) is 0 Å². The molecule has 0 saturated carbocycles. The minimum atomic E-state index is -0.536. The fourth-order valence-corrected chi connectivity index (χ4v) is 3.71. The summed E-state index contributed by atoms with van der Waals surface area (Å²) in [5, 5.41) is 3.14. The number of hydrogen-bond donors (Lipinski definition) is 1. The molecule has 4 heteroatoms. The summed E-state index contributed by atoms with van der Waals surface area (Å²) >= 11 is 0. The highest BCUT2D eigenvalue weighted by molar-refractivity contribution is 5.81. The first kappa shape index (κ1) is 24.8. The lowest BCUT2D eigenvalue weighted by Gasteiger charge is -2.24. The van der Waals surface area contributed by atoms with Crippen LogP contribution >= 0.6 is 0 Å². The summed E-state index contributed by atoms with van der Waals surface area (Å²) in [6, 6.07) is 12.1. The van der Waals surface area contributed by atoms with E-state index < -0.39 is 6.10 Å². The number of methoxy groups -OCH3 is 1. The van der Waals surface area contributed by atoms with E-state index in [1.54, 1.807) is 7.11 Å². The average Bonchev–Trinajstić information content (AvgIpc) is 2.70. The van der Waals surface area contributed by atoms with Crippen LogP contribution in [0.5, 0.6) is 11.5 Å². The van der Waals surface area contributed by atoms with E-state index in [1.165, 1.54) is 5.56 Å². The minimum absolute atomic E-state index is 0.0839. The fraction of sp³-hybridized carbons (Fsp3) is 0.519. The van der Waals surface area contributed by atoms with Gasteiger partial charge in [-0.3, -0.25) is 4.79 Å². The van der Waals surface area contributed by atoms with Crippen molar-refractivity contribution in [2.24, 2.45) is 0 Å². The molecule has 0 aliphatic heterocycles. The predicted octanol–water partition coefficient (Wildman–Crippen LogP) is 6.46. The van der Waals surface area contributed by atoms with Crippen LogP contribution in [0.4, 0.5) is 0 Å². The zero-order valence-corrected chi connectivity index (χ0v) is 20.6. The second-order valence-electron chi connectivity index (χ2n) is 9.62. The molecule has 0 radical (unpaired) electrons. The molecule has 2 aromatic rings. The van der Waals surface area contributed by atoms with Gasteiger partial charge in [-0.1, -0.05) is 53.7 Å². The molecule has 2 atom stereocenters. The van der Waals surface area contributed by atoms with Gasteiger partial charge >= 0.3 is 0 Å². The molecule has 0 aliphatic carbocycles. The Morgan fingerprint density at radius 1 is 1.03 bits per heavy atom. The number of aryl methyl sites for hydroxylation is 1. The molecule has 0 bridgehead atoms. The van der Waals surface area contributed by atoms with Crippen molar-refractivity contribution in [3.8, 4) is 11.5 Å². The van der Waals surface area contributed by atoms with Gasteiger partial charge in [0, 0.05) is 0 Å². The van der Waals surface area contributed by atoms with Crippen molar-refractivity contribution in [3.05, 3.63) is 58.7 Å². The van der Waals surface area contributed by atoms with Crippen LogP contribution in [0.2, 0.25) is 0 Å². The molecular weight excluding hydrogens is 386 g/mol. The van der Waals surface area contributed by atoms with E-state index >= 15 is 0 Å². The normalized spacial score (nSPS) is 13.6. The standard InChI is InChI=1S/C27H39NO3/c1-10-24(31-21-13-11-20(12-14-21)27(6,7)8)26(29)28-19(5)23-16-22(17(2)3)25(30-9)15-18(23)4/h11-17,19,24H,10H2,1-9H3,(H,28,29)/t19-,24-/m0/s1. The van der Waals surface area contributed by atoms with Crippen LogP contribution in [-0.2, 0) is 10.2 Å². The van der Waals surface area contributed by atoms with Crippen LogP contribution in [0.1, 0.15) is 89.1 Å². The first-order valence-corrected chi connectivity index (χ1v) is 11.2. The van der Waals surface area contributed by atoms with Gasteiger partial charge in [-0.2, -0.15) is 0 Å². The average molecular weight is 426 g/mol. The number of hydrogen-bond acceptors (Lipinski definition) is 3. The number of carbonyl (C=O) groups excluding carboxylic acids is 1.